The molecule has 2 amide bonds. The molecule has 2 aromatic carbocycles. The minimum Gasteiger partial charge on any atom is -0.491 e. The van der Waals surface area contributed by atoms with E-state index in [0.717, 1.165) is 24.3 Å². The molecule has 1 saturated heterocycles. The third kappa shape index (κ3) is 6.16. The van der Waals surface area contributed by atoms with Crippen molar-refractivity contribution < 1.29 is 14.3 Å². The number of piperazine rings is 1. The van der Waals surface area contributed by atoms with Crippen molar-refractivity contribution in [3.8, 4) is 5.75 Å². The van der Waals surface area contributed by atoms with E-state index in [-0.39, 0.29) is 17.9 Å². The Morgan fingerprint density at radius 3 is 2.38 bits per heavy atom. The lowest BCUT2D eigenvalue weighted by molar-refractivity contribution is -0.131. The van der Waals surface area contributed by atoms with E-state index in [4.69, 9.17) is 16.3 Å². The van der Waals surface area contributed by atoms with Crippen LogP contribution in [0.5, 0.6) is 5.75 Å². The van der Waals surface area contributed by atoms with E-state index in [0.29, 0.717) is 48.9 Å². The van der Waals surface area contributed by atoms with E-state index in [9.17, 15) is 9.59 Å². The Hall–Kier alpha value is -2.73. The highest BCUT2D eigenvalue weighted by atomic mass is 35.5. The van der Waals surface area contributed by atoms with E-state index in [1.807, 2.05) is 43.0 Å². The summed E-state index contributed by atoms with van der Waals surface area (Å²) in [6.45, 7) is 8.87. The number of hydrogen-bond donors (Lipinski definition) is 1. The number of nitrogens with zero attached hydrogens (tertiary/aromatic N) is 2. The van der Waals surface area contributed by atoms with Gasteiger partial charge in [-0.05, 0) is 62.2 Å². The van der Waals surface area contributed by atoms with Crippen molar-refractivity contribution in [2.75, 3.05) is 36.4 Å². The topological polar surface area (TPSA) is 61.9 Å². The minimum absolute atomic E-state index is 0.126. The molecule has 2 aromatic rings. The summed E-state index contributed by atoms with van der Waals surface area (Å²) in [4.78, 5) is 29.2. The van der Waals surface area contributed by atoms with Gasteiger partial charge in [0, 0.05) is 43.2 Å². The zero-order valence-electron chi connectivity index (χ0n) is 19.1. The Morgan fingerprint density at radius 2 is 1.75 bits per heavy atom. The van der Waals surface area contributed by atoms with Gasteiger partial charge < -0.3 is 19.9 Å². The maximum atomic E-state index is 12.9. The second kappa shape index (κ2) is 11.2. The number of carbonyl (C=O) groups is 2. The third-order valence-corrected chi connectivity index (χ3v) is 5.91. The van der Waals surface area contributed by atoms with Crippen molar-refractivity contribution in [3.05, 3.63) is 53.1 Å². The maximum Gasteiger partial charge on any atom is 0.255 e. The van der Waals surface area contributed by atoms with Gasteiger partial charge in [0.2, 0.25) is 5.91 Å². The van der Waals surface area contributed by atoms with Gasteiger partial charge in [0.15, 0.2) is 0 Å². The van der Waals surface area contributed by atoms with Gasteiger partial charge in [-0.15, -0.1) is 0 Å². The summed E-state index contributed by atoms with van der Waals surface area (Å²) in [6, 6.07) is 12.7. The average molecular weight is 458 g/mol. The molecular weight excluding hydrogens is 426 g/mol. The molecule has 0 radical (unpaired) electrons. The molecule has 1 atom stereocenters. The van der Waals surface area contributed by atoms with Crippen LogP contribution in [0.1, 0.15) is 50.4 Å². The van der Waals surface area contributed by atoms with Crippen LogP contribution in [0.25, 0.3) is 0 Å². The van der Waals surface area contributed by atoms with Gasteiger partial charge in [-0.1, -0.05) is 25.4 Å². The number of benzene rings is 2. The second-order valence-corrected chi connectivity index (χ2v) is 8.53. The summed E-state index contributed by atoms with van der Waals surface area (Å²) < 4.78 is 5.79. The highest BCUT2D eigenvalue weighted by molar-refractivity contribution is 6.31. The van der Waals surface area contributed by atoms with Crippen LogP contribution in [0.3, 0.4) is 0 Å². The third-order valence-electron chi connectivity index (χ3n) is 5.67. The van der Waals surface area contributed by atoms with Gasteiger partial charge in [0.25, 0.3) is 5.91 Å². The Morgan fingerprint density at radius 1 is 1.06 bits per heavy atom. The normalized spacial score (nSPS) is 14.8. The van der Waals surface area contributed by atoms with E-state index in [2.05, 4.69) is 17.1 Å². The number of nitrogens with one attached hydrogen (secondary N) is 1. The zero-order chi connectivity index (χ0) is 23.1. The standard InChI is InChI=1S/C25H32ClN3O3/c1-4-6-24(30)29-15-13-28(14-16-29)23-12-9-20(26)17-22(23)27-25(31)19-7-10-21(11-8-19)32-18(3)5-2/h7-12,17-18H,4-6,13-16H2,1-3H3,(H,27,31)/t18-/m0/s1. The Balaban J connectivity index is 1.69. The van der Waals surface area contributed by atoms with Gasteiger partial charge in [0.05, 0.1) is 17.5 Å². The lowest BCUT2D eigenvalue weighted by Gasteiger charge is -2.37. The molecule has 1 aliphatic heterocycles. The molecule has 0 aromatic heterocycles. The van der Waals surface area contributed by atoms with Crippen molar-refractivity contribution in [2.24, 2.45) is 0 Å². The fourth-order valence-electron chi connectivity index (χ4n) is 3.65. The van der Waals surface area contributed by atoms with Crippen LogP contribution in [-0.4, -0.2) is 49.0 Å². The zero-order valence-corrected chi connectivity index (χ0v) is 19.8. The number of anilines is 2. The predicted octanol–water partition coefficient (Wildman–Crippen LogP) is 5.22. The van der Waals surface area contributed by atoms with Gasteiger partial charge in [-0.3, -0.25) is 9.59 Å². The molecule has 172 valence electrons. The molecule has 1 heterocycles. The molecular formula is C25H32ClN3O3. The summed E-state index contributed by atoms with van der Waals surface area (Å²) >= 11 is 6.23. The first-order valence-corrected chi connectivity index (χ1v) is 11.7. The first-order valence-electron chi connectivity index (χ1n) is 11.3. The molecule has 3 rings (SSSR count). The van der Waals surface area contributed by atoms with Crippen molar-refractivity contribution in [1.29, 1.82) is 0 Å². The predicted molar refractivity (Wildman–Crippen MR) is 130 cm³/mol. The Labute approximate surface area is 195 Å². The van der Waals surface area contributed by atoms with Crippen molar-refractivity contribution in [1.82, 2.24) is 4.90 Å². The molecule has 32 heavy (non-hydrogen) atoms. The second-order valence-electron chi connectivity index (χ2n) is 8.09. The molecule has 0 bridgehead atoms. The summed E-state index contributed by atoms with van der Waals surface area (Å²) in [6.07, 6.45) is 2.49. The van der Waals surface area contributed by atoms with Gasteiger partial charge >= 0.3 is 0 Å². The highest BCUT2D eigenvalue weighted by Crippen LogP contribution is 2.31. The quantitative estimate of drug-likeness (QED) is 0.590. The molecule has 0 saturated carbocycles. The van der Waals surface area contributed by atoms with Crippen LogP contribution >= 0.6 is 11.6 Å². The van der Waals surface area contributed by atoms with E-state index in [1.54, 1.807) is 18.2 Å². The van der Waals surface area contributed by atoms with Crippen LogP contribution in [0, 0.1) is 0 Å². The fourth-order valence-corrected chi connectivity index (χ4v) is 3.82. The van der Waals surface area contributed by atoms with Gasteiger partial charge in [0.1, 0.15) is 5.75 Å². The number of carbonyl (C=O) groups excluding carboxylic acids is 2. The fraction of sp³-hybridized carbons (Fsp3) is 0.440. The van der Waals surface area contributed by atoms with Crippen LogP contribution < -0.4 is 15.0 Å². The van der Waals surface area contributed by atoms with Crippen LogP contribution in [-0.2, 0) is 4.79 Å². The van der Waals surface area contributed by atoms with Crippen molar-refractivity contribution >= 4 is 34.8 Å². The van der Waals surface area contributed by atoms with Crippen molar-refractivity contribution in [2.45, 2.75) is 46.1 Å². The lowest BCUT2D eigenvalue weighted by atomic mass is 10.1. The number of halogens is 1. The lowest BCUT2D eigenvalue weighted by Crippen LogP contribution is -2.48. The van der Waals surface area contributed by atoms with Crippen LogP contribution in [0.2, 0.25) is 5.02 Å². The van der Waals surface area contributed by atoms with E-state index in [1.165, 1.54) is 0 Å². The molecule has 1 N–H and O–H groups in total. The SMILES string of the molecule is CCCC(=O)N1CCN(c2ccc(Cl)cc2NC(=O)c2ccc(O[C@@H](C)CC)cc2)CC1. The number of ether oxygens (including phenoxy) is 1. The highest BCUT2D eigenvalue weighted by Gasteiger charge is 2.23. The van der Waals surface area contributed by atoms with E-state index >= 15 is 0 Å². The minimum atomic E-state index is -0.208. The smallest absolute Gasteiger partial charge is 0.255 e. The number of hydrogen-bond acceptors (Lipinski definition) is 4. The summed E-state index contributed by atoms with van der Waals surface area (Å²) in [5.74, 6) is 0.743. The molecule has 0 unspecified atom stereocenters. The first-order chi connectivity index (χ1) is 15.4. The van der Waals surface area contributed by atoms with Crippen LogP contribution in [0.4, 0.5) is 11.4 Å². The van der Waals surface area contributed by atoms with Crippen LogP contribution in [0.15, 0.2) is 42.5 Å². The average Bonchev–Trinajstić information content (AvgIpc) is 2.80. The monoisotopic (exact) mass is 457 g/mol. The first kappa shape index (κ1) is 23.9. The van der Waals surface area contributed by atoms with Crippen molar-refractivity contribution in [3.63, 3.8) is 0 Å². The number of amides is 2. The molecule has 0 spiro atoms. The van der Waals surface area contributed by atoms with E-state index < -0.39 is 0 Å². The molecule has 1 aliphatic rings. The molecule has 6 nitrogen and oxygen atoms in total. The Kier molecular flexibility index (Phi) is 8.39. The summed E-state index contributed by atoms with van der Waals surface area (Å²) in [5.41, 5.74) is 2.11. The molecule has 7 heteroatoms. The molecule has 0 aliphatic carbocycles. The summed E-state index contributed by atoms with van der Waals surface area (Å²) in [7, 11) is 0. The Bertz CT molecular complexity index is 925. The number of rotatable bonds is 8. The van der Waals surface area contributed by atoms with Gasteiger partial charge in [-0.2, -0.15) is 0 Å². The van der Waals surface area contributed by atoms with Gasteiger partial charge in [-0.25, -0.2) is 0 Å². The maximum absolute atomic E-state index is 12.9. The summed E-state index contributed by atoms with van der Waals surface area (Å²) in [5, 5.41) is 3.56. The largest absolute Gasteiger partial charge is 0.491 e. The molecule has 1 fully saturated rings.